The van der Waals surface area contributed by atoms with Crippen LogP contribution in [0.25, 0.3) is 0 Å². The zero-order valence-corrected chi connectivity index (χ0v) is 23.7. The van der Waals surface area contributed by atoms with Gasteiger partial charge in [-0.15, -0.1) is 7.92 Å². The van der Waals surface area contributed by atoms with E-state index in [2.05, 4.69) is 30.2 Å². The number of rotatable bonds is 8. The molecule has 0 spiro atoms. The van der Waals surface area contributed by atoms with E-state index in [4.69, 9.17) is 34.3 Å². The molecule has 0 amide bonds. The summed E-state index contributed by atoms with van der Waals surface area (Å²) in [7, 11) is -0.0325. The fraction of sp³-hybridized carbons (Fsp3) is 0.370. The molecule has 4 rings (SSSR count). The molecule has 3 N–H and O–H groups in total. The Morgan fingerprint density at radius 3 is 2.38 bits per heavy atom. The van der Waals surface area contributed by atoms with Crippen molar-refractivity contribution in [2.75, 3.05) is 43.2 Å². The van der Waals surface area contributed by atoms with E-state index in [-0.39, 0.29) is 42.6 Å². The largest absolute Gasteiger partial charge is 0.398 e. The summed E-state index contributed by atoms with van der Waals surface area (Å²) < 4.78 is 29.9. The molecule has 3 heterocycles. The first-order valence-corrected chi connectivity index (χ1v) is 15.1. The number of nitrogen functional groups attached to an aromatic ring is 1. The predicted octanol–water partition coefficient (Wildman–Crippen LogP) is 6.97. The van der Waals surface area contributed by atoms with Gasteiger partial charge < -0.3 is 10.6 Å². The van der Waals surface area contributed by atoms with Gasteiger partial charge in [-0.2, -0.15) is 0 Å². The standard InChI is InChI=1S/C27H30Cl2F2N5P/c1-15(24-19(28)10-34-11-20(24)29)5-16-6-18(23(32)8-21(16)30)25(33)17-7-22(31)26(35-9-17)36-12-27(2,13-36)14-37(3)4/h6-11,15,33H,5,12-14,32H2,1-4H3/t15-/m0/s1. The molecule has 0 radical (unpaired) electrons. The number of nitrogens with zero attached hydrogens (tertiary/aromatic N) is 3. The number of hydrogen-bond donors (Lipinski definition) is 2. The molecule has 37 heavy (non-hydrogen) atoms. The van der Waals surface area contributed by atoms with Crippen LogP contribution >= 0.6 is 31.1 Å². The summed E-state index contributed by atoms with van der Waals surface area (Å²) in [6.07, 6.45) is 5.87. The third-order valence-electron chi connectivity index (χ3n) is 6.65. The second-order valence-corrected chi connectivity index (χ2v) is 13.8. The Balaban J connectivity index is 1.55. The van der Waals surface area contributed by atoms with Crippen LogP contribution in [0.15, 0.2) is 36.8 Å². The molecule has 0 unspecified atom stereocenters. The van der Waals surface area contributed by atoms with Crippen molar-refractivity contribution in [1.29, 1.82) is 5.41 Å². The van der Waals surface area contributed by atoms with Gasteiger partial charge in [0.25, 0.3) is 0 Å². The topological polar surface area (TPSA) is 78.9 Å². The zero-order valence-electron chi connectivity index (χ0n) is 21.2. The van der Waals surface area contributed by atoms with Crippen molar-refractivity contribution in [3.05, 3.63) is 80.7 Å². The lowest BCUT2D eigenvalue weighted by Crippen LogP contribution is -2.57. The Morgan fingerprint density at radius 2 is 1.78 bits per heavy atom. The summed E-state index contributed by atoms with van der Waals surface area (Å²) in [4.78, 5) is 10.2. The van der Waals surface area contributed by atoms with Crippen molar-refractivity contribution >= 4 is 48.3 Å². The van der Waals surface area contributed by atoms with Crippen LogP contribution in [0.5, 0.6) is 0 Å². The molecule has 10 heteroatoms. The molecule has 2 aromatic heterocycles. The molecule has 1 aromatic carbocycles. The molecule has 0 bridgehead atoms. The average Bonchev–Trinajstić information content (AvgIpc) is 2.78. The van der Waals surface area contributed by atoms with E-state index in [1.807, 2.05) is 11.8 Å². The minimum Gasteiger partial charge on any atom is -0.398 e. The van der Waals surface area contributed by atoms with E-state index < -0.39 is 11.6 Å². The lowest BCUT2D eigenvalue weighted by atomic mass is 9.84. The Labute approximate surface area is 227 Å². The minimum atomic E-state index is -0.495. The normalized spacial score (nSPS) is 15.5. The van der Waals surface area contributed by atoms with Crippen LogP contribution in [0, 0.1) is 22.5 Å². The summed E-state index contributed by atoms with van der Waals surface area (Å²) >= 11 is 12.6. The van der Waals surface area contributed by atoms with Crippen molar-refractivity contribution in [1.82, 2.24) is 9.97 Å². The van der Waals surface area contributed by atoms with Crippen LogP contribution in [0.4, 0.5) is 20.3 Å². The lowest BCUT2D eigenvalue weighted by molar-refractivity contribution is 0.278. The van der Waals surface area contributed by atoms with Gasteiger partial charge in [-0.05, 0) is 61.2 Å². The Bertz CT molecular complexity index is 1320. The summed E-state index contributed by atoms with van der Waals surface area (Å²) in [6.45, 7) is 10.1. The summed E-state index contributed by atoms with van der Waals surface area (Å²) in [6, 6.07) is 4.03. The fourth-order valence-corrected chi connectivity index (χ4v) is 7.64. The van der Waals surface area contributed by atoms with Crippen LogP contribution in [-0.2, 0) is 6.42 Å². The monoisotopic (exact) mass is 563 g/mol. The van der Waals surface area contributed by atoms with Gasteiger partial charge in [-0.3, -0.25) is 10.4 Å². The molecule has 0 saturated carbocycles. The van der Waals surface area contributed by atoms with Crippen molar-refractivity contribution in [2.45, 2.75) is 26.2 Å². The first-order chi connectivity index (χ1) is 17.4. The maximum absolute atomic E-state index is 15.1. The molecule has 1 saturated heterocycles. The summed E-state index contributed by atoms with van der Waals surface area (Å²) in [5.41, 5.74) is 7.92. The maximum Gasteiger partial charge on any atom is 0.166 e. The molecule has 1 aliphatic heterocycles. The maximum atomic E-state index is 15.1. The van der Waals surface area contributed by atoms with E-state index >= 15 is 4.39 Å². The molecular weight excluding hydrogens is 534 g/mol. The highest BCUT2D eigenvalue weighted by Crippen LogP contribution is 2.42. The third-order valence-corrected chi connectivity index (χ3v) is 8.65. The Kier molecular flexibility index (Phi) is 8.08. The van der Waals surface area contributed by atoms with E-state index in [0.717, 1.165) is 19.3 Å². The van der Waals surface area contributed by atoms with Crippen molar-refractivity contribution in [3.8, 4) is 0 Å². The quantitative estimate of drug-likeness (QED) is 0.176. The molecule has 1 fully saturated rings. The summed E-state index contributed by atoms with van der Waals surface area (Å²) in [5, 5.41) is 9.50. The number of nitrogens with two attached hydrogens (primary N) is 1. The predicted molar refractivity (Wildman–Crippen MR) is 151 cm³/mol. The van der Waals surface area contributed by atoms with Crippen molar-refractivity contribution < 1.29 is 8.78 Å². The number of nitrogens with one attached hydrogen (secondary N) is 1. The number of aromatic nitrogens is 2. The highest BCUT2D eigenvalue weighted by atomic mass is 35.5. The van der Waals surface area contributed by atoms with Crippen LogP contribution in [-0.4, -0.2) is 48.3 Å². The SMILES string of the molecule is C[C@@H](Cc1cc(C(=N)c2cnc(N3CC(C)(CP(C)C)C3)c(F)c2)c(N)cc1F)c1c(Cl)cncc1Cl. The van der Waals surface area contributed by atoms with Gasteiger partial charge >= 0.3 is 0 Å². The van der Waals surface area contributed by atoms with Crippen LogP contribution in [0.3, 0.4) is 0 Å². The first-order valence-electron chi connectivity index (χ1n) is 11.9. The number of benzene rings is 1. The lowest BCUT2D eigenvalue weighted by Gasteiger charge is -2.49. The van der Waals surface area contributed by atoms with Gasteiger partial charge in [-0.25, -0.2) is 13.8 Å². The highest BCUT2D eigenvalue weighted by molar-refractivity contribution is 7.56. The number of anilines is 2. The number of pyridine rings is 2. The van der Waals surface area contributed by atoms with Crippen molar-refractivity contribution in [3.63, 3.8) is 0 Å². The van der Waals surface area contributed by atoms with E-state index in [1.165, 1.54) is 36.8 Å². The highest BCUT2D eigenvalue weighted by Gasteiger charge is 2.40. The Hall–Kier alpha value is -2.34. The van der Waals surface area contributed by atoms with Crippen molar-refractivity contribution in [2.24, 2.45) is 5.41 Å². The van der Waals surface area contributed by atoms with Gasteiger partial charge in [0.2, 0.25) is 0 Å². The molecule has 1 atom stereocenters. The van der Waals surface area contributed by atoms with Crippen LogP contribution in [0.1, 0.15) is 42.0 Å². The third kappa shape index (κ3) is 5.89. The van der Waals surface area contributed by atoms with Gasteiger partial charge in [0.05, 0.1) is 15.8 Å². The fourth-order valence-electron chi connectivity index (χ4n) is 5.17. The van der Waals surface area contributed by atoms with Gasteiger partial charge in [0.15, 0.2) is 11.6 Å². The van der Waals surface area contributed by atoms with E-state index in [1.54, 1.807) is 0 Å². The van der Waals surface area contributed by atoms with Crippen LogP contribution < -0.4 is 10.6 Å². The van der Waals surface area contributed by atoms with Gasteiger partial charge in [0.1, 0.15) is 5.82 Å². The summed E-state index contributed by atoms with van der Waals surface area (Å²) in [5.74, 6) is -0.916. The zero-order chi connectivity index (χ0) is 27.1. The van der Waals surface area contributed by atoms with E-state index in [9.17, 15) is 4.39 Å². The molecule has 1 aliphatic rings. The van der Waals surface area contributed by atoms with Gasteiger partial charge in [-0.1, -0.05) is 37.0 Å². The Morgan fingerprint density at radius 1 is 1.14 bits per heavy atom. The van der Waals surface area contributed by atoms with E-state index in [0.29, 0.717) is 32.6 Å². The second-order valence-electron chi connectivity index (χ2n) is 10.5. The molecular formula is C27H30Cl2F2N5P. The smallest absolute Gasteiger partial charge is 0.166 e. The average molecular weight is 564 g/mol. The van der Waals surface area contributed by atoms with Crippen LogP contribution in [0.2, 0.25) is 10.0 Å². The first kappa shape index (κ1) is 27.7. The molecule has 5 nitrogen and oxygen atoms in total. The molecule has 3 aromatic rings. The molecule has 0 aliphatic carbocycles. The number of halogens is 4. The van der Waals surface area contributed by atoms with Gasteiger partial charge in [0, 0.05) is 53.9 Å². The number of hydrogen-bond acceptors (Lipinski definition) is 5. The second kappa shape index (κ2) is 10.8. The minimum absolute atomic E-state index is 0.0274. The molecule has 196 valence electrons.